The van der Waals surface area contributed by atoms with Crippen LogP contribution in [0.3, 0.4) is 0 Å². The first kappa shape index (κ1) is 11.5. The fourth-order valence-electron chi connectivity index (χ4n) is 1.56. The highest BCUT2D eigenvalue weighted by molar-refractivity contribution is 5.46. The molecule has 0 aliphatic carbocycles. The van der Waals surface area contributed by atoms with Crippen LogP contribution in [0.1, 0.15) is 18.5 Å². The molecule has 0 amide bonds. The Labute approximate surface area is 98.3 Å². The molecule has 1 heterocycles. The summed E-state index contributed by atoms with van der Waals surface area (Å²) in [6.45, 7) is 1.86. The van der Waals surface area contributed by atoms with Gasteiger partial charge in [0.05, 0.1) is 11.7 Å². The first-order valence-electron chi connectivity index (χ1n) is 5.29. The van der Waals surface area contributed by atoms with Crippen LogP contribution in [-0.4, -0.2) is 4.98 Å². The number of benzene rings is 1. The van der Waals surface area contributed by atoms with E-state index in [9.17, 15) is 8.78 Å². The van der Waals surface area contributed by atoms with Gasteiger partial charge < -0.3 is 5.32 Å². The van der Waals surface area contributed by atoms with Gasteiger partial charge in [-0.1, -0.05) is 12.1 Å². The summed E-state index contributed by atoms with van der Waals surface area (Å²) in [4.78, 5) is 3.98. The molecule has 4 heteroatoms. The molecule has 1 aromatic carbocycles. The number of aromatic nitrogens is 1. The lowest BCUT2D eigenvalue weighted by atomic mass is 10.1. The Morgan fingerprint density at radius 1 is 1.18 bits per heavy atom. The number of rotatable bonds is 3. The molecule has 88 valence electrons. The van der Waals surface area contributed by atoms with Crippen molar-refractivity contribution in [3.05, 3.63) is 59.9 Å². The number of nitrogens with zero attached hydrogens (tertiary/aromatic N) is 1. The van der Waals surface area contributed by atoms with Crippen molar-refractivity contribution in [3.8, 4) is 0 Å². The van der Waals surface area contributed by atoms with Crippen molar-refractivity contribution >= 4 is 5.69 Å². The van der Waals surface area contributed by atoms with Gasteiger partial charge in [0, 0.05) is 12.4 Å². The number of nitrogens with one attached hydrogen (secondary N) is 1. The molecule has 1 unspecified atom stereocenters. The largest absolute Gasteiger partial charge is 0.376 e. The van der Waals surface area contributed by atoms with Gasteiger partial charge in [-0.3, -0.25) is 4.98 Å². The minimum absolute atomic E-state index is 0.139. The van der Waals surface area contributed by atoms with Gasteiger partial charge in [0.2, 0.25) is 0 Å². The molecule has 0 saturated heterocycles. The maximum absolute atomic E-state index is 13.4. The summed E-state index contributed by atoms with van der Waals surface area (Å²) < 4.78 is 26.4. The molecule has 0 aliphatic heterocycles. The molecule has 2 nitrogen and oxygen atoms in total. The minimum atomic E-state index is -0.858. The van der Waals surface area contributed by atoms with Gasteiger partial charge in [-0.15, -0.1) is 0 Å². The van der Waals surface area contributed by atoms with Crippen LogP contribution in [0.15, 0.2) is 42.7 Å². The first-order valence-corrected chi connectivity index (χ1v) is 5.29. The molecule has 1 aromatic heterocycles. The van der Waals surface area contributed by atoms with Gasteiger partial charge in [-0.05, 0) is 30.7 Å². The van der Waals surface area contributed by atoms with Crippen molar-refractivity contribution in [3.63, 3.8) is 0 Å². The van der Waals surface area contributed by atoms with E-state index in [2.05, 4.69) is 10.3 Å². The molecule has 0 bridgehead atoms. The number of hydrogen-bond acceptors (Lipinski definition) is 2. The van der Waals surface area contributed by atoms with Gasteiger partial charge in [-0.2, -0.15) is 0 Å². The van der Waals surface area contributed by atoms with E-state index in [1.165, 1.54) is 12.1 Å². The van der Waals surface area contributed by atoms with Gasteiger partial charge in [0.15, 0.2) is 11.6 Å². The van der Waals surface area contributed by atoms with Crippen LogP contribution in [0.2, 0.25) is 0 Å². The second-order valence-corrected chi connectivity index (χ2v) is 3.75. The maximum atomic E-state index is 13.4. The Morgan fingerprint density at radius 2 is 2.00 bits per heavy atom. The van der Waals surface area contributed by atoms with E-state index in [-0.39, 0.29) is 11.7 Å². The van der Waals surface area contributed by atoms with Crippen LogP contribution in [0.5, 0.6) is 0 Å². The second-order valence-electron chi connectivity index (χ2n) is 3.75. The molecule has 17 heavy (non-hydrogen) atoms. The summed E-state index contributed by atoms with van der Waals surface area (Å²) in [5, 5.41) is 2.91. The fraction of sp³-hybridized carbons (Fsp3) is 0.154. The Kier molecular flexibility index (Phi) is 3.32. The third kappa shape index (κ3) is 2.58. The highest BCUT2D eigenvalue weighted by Crippen LogP contribution is 2.22. The van der Waals surface area contributed by atoms with Crippen LogP contribution >= 0.6 is 0 Å². The Morgan fingerprint density at radius 3 is 2.71 bits per heavy atom. The monoisotopic (exact) mass is 234 g/mol. The van der Waals surface area contributed by atoms with E-state index in [1.807, 2.05) is 13.0 Å². The molecule has 0 spiro atoms. The predicted octanol–water partition coefficient (Wildman–Crippen LogP) is 3.53. The van der Waals surface area contributed by atoms with E-state index < -0.39 is 11.6 Å². The highest BCUT2D eigenvalue weighted by atomic mass is 19.2. The zero-order valence-corrected chi connectivity index (χ0v) is 9.32. The van der Waals surface area contributed by atoms with E-state index in [0.717, 1.165) is 11.6 Å². The molecule has 1 atom stereocenters. The third-order valence-corrected chi connectivity index (χ3v) is 2.51. The predicted molar refractivity (Wildman–Crippen MR) is 62.6 cm³/mol. The topological polar surface area (TPSA) is 24.9 Å². The summed E-state index contributed by atoms with van der Waals surface area (Å²) in [5.74, 6) is -1.71. The zero-order chi connectivity index (χ0) is 12.3. The van der Waals surface area contributed by atoms with Crippen molar-refractivity contribution < 1.29 is 8.78 Å². The average Bonchev–Trinajstić information content (AvgIpc) is 2.36. The molecule has 2 rings (SSSR count). The molecular formula is C13H12F2N2. The molecule has 1 N–H and O–H groups in total. The van der Waals surface area contributed by atoms with Crippen LogP contribution < -0.4 is 5.32 Å². The molecule has 0 aliphatic rings. The third-order valence-electron chi connectivity index (χ3n) is 2.51. The molecule has 0 fully saturated rings. The van der Waals surface area contributed by atoms with Gasteiger partial charge in [0.25, 0.3) is 0 Å². The van der Waals surface area contributed by atoms with Gasteiger partial charge in [0.1, 0.15) is 0 Å². The van der Waals surface area contributed by atoms with Crippen LogP contribution in [-0.2, 0) is 0 Å². The van der Waals surface area contributed by atoms with E-state index in [0.29, 0.717) is 0 Å². The van der Waals surface area contributed by atoms with Crippen LogP contribution in [0, 0.1) is 11.6 Å². The molecular weight excluding hydrogens is 222 g/mol. The Bertz CT molecular complexity index is 500. The minimum Gasteiger partial charge on any atom is -0.376 e. The van der Waals surface area contributed by atoms with Gasteiger partial charge in [-0.25, -0.2) is 8.78 Å². The van der Waals surface area contributed by atoms with E-state index in [1.54, 1.807) is 18.5 Å². The Balaban J connectivity index is 2.19. The lowest BCUT2D eigenvalue weighted by Gasteiger charge is -2.15. The fourth-order valence-corrected chi connectivity index (χ4v) is 1.56. The summed E-state index contributed by atoms with van der Waals surface area (Å²) >= 11 is 0. The standard InChI is InChI=1S/C13H12F2N2/c1-9(10-4-3-7-16-8-10)17-12-6-2-5-11(14)13(12)15/h2-9,17H,1H3. The number of pyridine rings is 1. The normalized spacial score (nSPS) is 12.2. The van der Waals surface area contributed by atoms with Crippen LogP contribution in [0.25, 0.3) is 0 Å². The zero-order valence-electron chi connectivity index (χ0n) is 9.32. The number of halogens is 2. The molecule has 0 saturated carbocycles. The van der Waals surface area contributed by atoms with E-state index in [4.69, 9.17) is 0 Å². The lowest BCUT2D eigenvalue weighted by Crippen LogP contribution is -2.08. The SMILES string of the molecule is CC(Nc1cccc(F)c1F)c1cccnc1. The summed E-state index contributed by atoms with van der Waals surface area (Å²) in [7, 11) is 0. The first-order chi connectivity index (χ1) is 8.18. The van der Waals surface area contributed by atoms with Crippen molar-refractivity contribution in [2.75, 3.05) is 5.32 Å². The molecule has 0 radical (unpaired) electrons. The van der Waals surface area contributed by atoms with Crippen molar-refractivity contribution in [2.45, 2.75) is 13.0 Å². The van der Waals surface area contributed by atoms with Crippen molar-refractivity contribution in [2.24, 2.45) is 0 Å². The second kappa shape index (κ2) is 4.91. The smallest absolute Gasteiger partial charge is 0.181 e. The quantitative estimate of drug-likeness (QED) is 0.878. The van der Waals surface area contributed by atoms with Crippen molar-refractivity contribution in [1.29, 1.82) is 0 Å². The van der Waals surface area contributed by atoms with E-state index >= 15 is 0 Å². The highest BCUT2D eigenvalue weighted by Gasteiger charge is 2.11. The summed E-state index contributed by atoms with van der Waals surface area (Å²) in [6.07, 6.45) is 3.36. The lowest BCUT2D eigenvalue weighted by molar-refractivity contribution is 0.510. The molecule has 2 aromatic rings. The van der Waals surface area contributed by atoms with Crippen LogP contribution in [0.4, 0.5) is 14.5 Å². The van der Waals surface area contributed by atoms with Crippen molar-refractivity contribution in [1.82, 2.24) is 4.98 Å². The summed E-state index contributed by atoms with van der Waals surface area (Å²) in [5.41, 5.74) is 1.07. The summed E-state index contributed by atoms with van der Waals surface area (Å²) in [6, 6.07) is 7.61. The average molecular weight is 234 g/mol. The number of hydrogen-bond donors (Lipinski definition) is 1. The number of anilines is 1. The van der Waals surface area contributed by atoms with Gasteiger partial charge >= 0.3 is 0 Å². The Hall–Kier alpha value is -1.97. The maximum Gasteiger partial charge on any atom is 0.181 e.